The number of aromatic nitrogens is 2. The number of benzene rings is 1. The summed E-state index contributed by atoms with van der Waals surface area (Å²) in [5, 5.41) is 9.33. The number of methoxy groups -OCH3 is 1. The molecule has 0 atom stereocenters. The van der Waals surface area contributed by atoms with Crippen LogP contribution in [0.3, 0.4) is 0 Å². The lowest BCUT2D eigenvalue weighted by atomic mass is 10.1. The molecule has 0 saturated carbocycles. The molecule has 0 saturated heterocycles. The fourth-order valence-electron chi connectivity index (χ4n) is 2.41. The van der Waals surface area contributed by atoms with Gasteiger partial charge in [0.1, 0.15) is 10.7 Å². The van der Waals surface area contributed by atoms with E-state index >= 15 is 0 Å². The van der Waals surface area contributed by atoms with Crippen LogP contribution in [0.15, 0.2) is 41.3 Å². The van der Waals surface area contributed by atoms with Crippen molar-refractivity contribution in [1.82, 2.24) is 9.38 Å². The Hall–Kier alpha value is -2.92. The SMILES string of the molecule is COc1cc(C(=O)N(C)c2cc(C#N)c3ncc(Br)n3c2)ccc1F. The van der Waals surface area contributed by atoms with Crippen LogP contribution in [0.25, 0.3) is 5.65 Å². The van der Waals surface area contributed by atoms with Gasteiger partial charge in [-0.1, -0.05) is 0 Å². The van der Waals surface area contributed by atoms with Crippen molar-refractivity contribution in [2.75, 3.05) is 19.1 Å². The van der Waals surface area contributed by atoms with Crippen LogP contribution in [-0.2, 0) is 0 Å². The molecule has 6 nitrogen and oxygen atoms in total. The molecule has 0 aliphatic rings. The maximum atomic E-state index is 13.5. The van der Waals surface area contributed by atoms with Gasteiger partial charge in [-0.05, 0) is 40.2 Å². The Morgan fingerprint density at radius 3 is 2.88 bits per heavy atom. The van der Waals surface area contributed by atoms with E-state index in [1.165, 1.54) is 30.2 Å². The predicted octanol–water partition coefficient (Wildman–Crippen LogP) is 3.39. The molecule has 0 N–H and O–H groups in total. The first-order valence-corrected chi connectivity index (χ1v) is 7.94. The lowest BCUT2D eigenvalue weighted by molar-refractivity contribution is 0.0992. The minimum Gasteiger partial charge on any atom is -0.494 e. The third-order valence-electron chi connectivity index (χ3n) is 3.76. The molecular weight excluding hydrogens is 391 g/mol. The molecule has 1 amide bonds. The molecular formula is C17H12BrFN4O2. The summed E-state index contributed by atoms with van der Waals surface area (Å²) in [5.74, 6) is -0.917. The molecule has 0 aliphatic heterocycles. The summed E-state index contributed by atoms with van der Waals surface area (Å²) in [4.78, 5) is 18.2. The molecule has 2 heterocycles. The van der Waals surface area contributed by atoms with E-state index < -0.39 is 5.82 Å². The van der Waals surface area contributed by atoms with Crippen molar-refractivity contribution in [3.8, 4) is 11.8 Å². The monoisotopic (exact) mass is 402 g/mol. The highest BCUT2D eigenvalue weighted by Crippen LogP contribution is 2.25. The standard InChI is InChI=1S/C17H12BrFN4O2/c1-22(17(24)10-3-4-13(19)14(6-10)25-2)12-5-11(7-20)16-21-8-15(18)23(16)9-12/h3-6,8-9H,1-2H3. The van der Waals surface area contributed by atoms with E-state index in [0.29, 0.717) is 21.5 Å². The van der Waals surface area contributed by atoms with Crippen LogP contribution in [0, 0.1) is 17.1 Å². The molecule has 25 heavy (non-hydrogen) atoms. The van der Waals surface area contributed by atoms with Crippen molar-refractivity contribution < 1.29 is 13.9 Å². The van der Waals surface area contributed by atoms with Crippen molar-refractivity contribution >= 4 is 33.2 Å². The highest BCUT2D eigenvalue weighted by atomic mass is 79.9. The number of amides is 1. The largest absolute Gasteiger partial charge is 0.494 e. The fraction of sp³-hybridized carbons (Fsp3) is 0.118. The third-order valence-corrected chi connectivity index (χ3v) is 4.34. The molecule has 0 spiro atoms. The van der Waals surface area contributed by atoms with Crippen molar-refractivity contribution in [2.45, 2.75) is 0 Å². The number of ether oxygens (including phenoxy) is 1. The summed E-state index contributed by atoms with van der Waals surface area (Å²) in [6.45, 7) is 0. The zero-order valence-corrected chi connectivity index (χ0v) is 14.9. The molecule has 1 aromatic carbocycles. The van der Waals surface area contributed by atoms with Crippen LogP contribution in [-0.4, -0.2) is 29.4 Å². The van der Waals surface area contributed by atoms with E-state index in [9.17, 15) is 14.4 Å². The second kappa shape index (κ2) is 6.53. The van der Waals surface area contributed by atoms with Gasteiger partial charge < -0.3 is 9.64 Å². The third kappa shape index (κ3) is 2.94. The number of anilines is 1. The number of carbonyl (C=O) groups is 1. The summed E-state index contributed by atoms with van der Waals surface area (Å²) in [6, 6.07) is 7.55. The smallest absolute Gasteiger partial charge is 0.258 e. The summed E-state index contributed by atoms with van der Waals surface area (Å²) in [5.41, 5.74) is 1.59. The molecule has 8 heteroatoms. The maximum absolute atomic E-state index is 13.5. The number of rotatable bonds is 3. The molecule has 0 unspecified atom stereocenters. The van der Waals surface area contributed by atoms with Crippen LogP contribution in [0.1, 0.15) is 15.9 Å². The first-order valence-electron chi connectivity index (χ1n) is 7.14. The van der Waals surface area contributed by atoms with Crippen LogP contribution in [0.2, 0.25) is 0 Å². The van der Waals surface area contributed by atoms with Crippen molar-refractivity contribution in [3.05, 3.63) is 58.2 Å². The lowest BCUT2D eigenvalue weighted by Gasteiger charge is -2.18. The minimum absolute atomic E-state index is 0.00947. The average molecular weight is 403 g/mol. The number of imidazole rings is 1. The summed E-state index contributed by atoms with van der Waals surface area (Å²) in [7, 11) is 2.91. The molecule has 0 fully saturated rings. The maximum Gasteiger partial charge on any atom is 0.258 e. The molecule has 3 rings (SSSR count). The molecule has 126 valence electrons. The van der Waals surface area contributed by atoms with Crippen LogP contribution >= 0.6 is 15.9 Å². The van der Waals surface area contributed by atoms with Crippen LogP contribution in [0.5, 0.6) is 5.75 Å². The predicted molar refractivity (Wildman–Crippen MR) is 93.3 cm³/mol. The van der Waals surface area contributed by atoms with Crippen molar-refractivity contribution in [3.63, 3.8) is 0 Å². The van der Waals surface area contributed by atoms with Gasteiger partial charge in [0, 0.05) is 18.8 Å². The number of nitriles is 1. The Morgan fingerprint density at radius 2 is 2.20 bits per heavy atom. The Bertz CT molecular complexity index is 1030. The summed E-state index contributed by atoms with van der Waals surface area (Å²) < 4.78 is 20.8. The lowest BCUT2D eigenvalue weighted by Crippen LogP contribution is -2.26. The number of hydrogen-bond donors (Lipinski definition) is 0. The molecule has 3 aromatic rings. The van der Waals surface area contributed by atoms with Gasteiger partial charge in [0.2, 0.25) is 0 Å². The minimum atomic E-state index is -0.544. The van der Waals surface area contributed by atoms with Crippen molar-refractivity contribution in [2.24, 2.45) is 0 Å². The van der Waals surface area contributed by atoms with Gasteiger partial charge in [0.05, 0.1) is 24.6 Å². The first-order chi connectivity index (χ1) is 12.0. The zero-order chi connectivity index (χ0) is 18.1. The van der Waals surface area contributed by atoms with Gasteiger partial charge in [-0.25, -0.2) is 9.37 Å². The van der Waals surface area contributed by atoms with E-state index in [1.54, 1.807) is 29.9 Å². The van der Waals surface area contributed by atoms with Gasteiger partial charge in [0.15, 0.2) is 17.2 Å². The van der Waals surface area contributed by atoms with E-state index in [4.69, 9.17) is 4.74 Å². The fourth-order valence-corrected chi connectivity index (χ4v) is 2.79. The van der Waals surface area contributed by atoms with Gasteiger partial charge >= 0.3 is 0 Å². The number of fused-ring (bicyclic) bond motifs is 1. The van der Waals surface area contributed by atoms with Crippen LogP contribution < -0.4 is 9.64 Å². The summed E-state index contributed by atoms with van der Waals surface area (Å²) in [6.07, 6.45) is 3.26. The quantitative estimate of drug-likeness (QED) is 0.672. The van der Waals surface area contributed by atoms with E-state index in [2.05, 4.69) is 27.0 Å². The van der Waals surface area contributed by atoms with Gasteiger partial charge in [-0.3, -0.25) is 9.20 Å². The highest BCUT2D eigenvalue weighted by Gasteiger charge is 2.18. The normalized spacial score (nSPS) is 10.5. The second-order valence-electron chi connectivity index (χ2n) is 5.21. The molecule has 0 bridgehead atoms. The summed E-state index contributed by atoms with van der Waals surface area (Å²) >= 11 is 3.35. The first kappa shape index (κ1) is 16.9. The Balaban J connectivity index is 2.04. The Labute approximate surface area is 151 Å². The zero-order valence-electron chi connectivity index (χ0n) is 13.3. The number of nitrogens with zero attached hydrogens (tertiary/aromatic N) is 4. The number of pyridine rings is 1. The van der Waals surface area contributed by atoms with Gasteiger partial charge in [-0.15, -0.1) is 0 Å². The molecule has 0 radical (unpaired) electrons. The molecule has 0 aliphatic carbocycles. The van der Waals surface area contributed by atoms with E-state index in [-0.39, 0.29) is 17.2 Å². The number of hydrogen-bond acceptors (Lipinski definition) is 4. The average Bonchev–Trinajstić information content (AvgIpc) is 3.01. The Morgan fingerprint density at radius 1 is 1.44 bits per heavy atom. The van der Waals surface area contributed by atoms with Crippen molar-refractivity contribution in [1.29, 1.82) is 5.26 Å². The topological polar surface area (TPSA) is 70.6 Å². The second-order valence-corrected chi connectivity index (χ2v) is 6.02. The Kier molecular flexibility index (Phi) is 4.42. The molecule has 2 aromatic heterocycles. The van der Waals surface area contributed by atoms with Crippen LogP contribution in [0.4, 0.5) is 10.1 Å². The highest BCUT2D eigenvalue weighted by molar-refractivity contribution is 9.10. The van der Waals surface area contributed by atoms with Gasteiger partial charge in [0.25, 0.3) is 5.91 Å². The van der Waals surface area contributed by atoms with E-state index in [1.807, 2.05) is 0 Å². The van der Waals surface area contributed by atoms with E-state index in [0.717, 1.165) is 0 Å². The van der Waals surface area contributed by atoms with Gasteiger partial charge in [-0.2, -0.15) is 5.26 Å². The number of halogens is 2. The number of carbonyl (C=O) groups excluding carboxylic acids is 1.